The Morgan fingerprint density at radius 1 is 2.00 bits per heavy atom. The first-order valence-electron chi connectivity index (χ1n) is 1.52. The van der Waals surface area contributed by atoms with Crippen LogP contribution in [0.15, 0.2) is 6.20 Å². The molecule has 0 aromatic rings. The second-order valence-corrected chi connectivity index (χ2v) is 1.69. The van der Waals surface area contributed by atoms with Crippen molar-refractivity contribution >= 4 is 15.9 Å². The summed E-state index contributed by atoms with van der Waals surface area (Å²) >= 11 is 3.11. The Kier molecular flexibility index (Phi) is 1.12. The second kappa shape index (κ2) is 1.62. The van der Waals surface area contributed by atoms with Gasteiger partial charge in [0.2, 0.25) is 0 Å². The average Bonchev–Trinajstić information content (AvgIpc) is 1.86. The van der Waals surface area contributed by atoms with Gasteiger partial charge in [0.25, 0.3) is 0 Å². The normalized spacial score (nSPS) is 30.5. The molecule has 1 N–H and O–H groups in total. The van der Waals surface area contributed by atoms with E-state index in [-0.39, 0.29) is 5.01 Å². The maximum atomic E-state index is 4.65. The number of hydrogen-bond donors (Lipinski definition) is 1. The average molecular weight is 149 g/mol. The fourth-order valence-electron chi connectivity index (χ4n) is 0.227. The molecule has 0 saturated heterocycles. The monoisotopic (exact) mass is 148 g/mol. The molecule has 1 unspecified atom stereocenters. The van der Waals surface area contributed by atoms with Crippen LogP contribution in [-0.2, 0) is 4.84 Å². The maximum absolute atomic E-state index is 4.65. The van der Waals surface area contributed by atoms with E-state index in [1.807, 2.05) is 0 Å². The minimum atomic E-state index is -0.0579. The molecule has 1 aliphatic rings. The van der Waals surface area contributed by atoms with Crippen LogP contribution in [0.1, 0.15) is 0 Å². The summed E-state index contributed by atoms with van der Waals surface area (Å²) in [5.41, 5.74) is 2.49. The molecule has 33 valence electrons. The largest absolute Gasteiger partial charge is 0.272 e. The van der Waals surface area contributed by atoms with E-state index in [1.54, 1.807) is 6.20 Å². The number of hydroxylamine groups is 1. The lowest BCUT2D eigenvalue weighted by Crippen LogP contribution is -2.02. The first-order chi connectivity index (χ1) is 2.89. The van der Waals surface area contributed by atoms with Crippen LogP contribution in [0, 0.1) is 6.08 Å². The second-order valence-electron chi connectivity index (χ2n) is 0.863. The summed E-state index contributed by atoms with van der Waals surface area (Å²) in [7, 11) is 0. The van der Waals surface area contributed by atoms with Gasteiger partial charge in [-0.2, -0.15) is 0 Å². The highest BCUT2D eigenvalue weighted by atomic mass is 79.9. The zero-order valence-corrected chi connectivity index (χ0v) is 4.53. The van der Waals surface area contributed by atoms with E-state index < -0.39 is 0 Å². The summed E-state index contributed by atoms with van der Waals surface area (Å²) in [6.07, 6.45) is 4.39. The van der Waals surface area contributed by atoms with Gasteiger partial charge in [-0.15, -0.1) is 0 Å². The molecule has 1 aliphatic heterocycles. The molecule has 1 atom stereocenters. The molecule has 0 amide bonds. The summed E-state index contributed by atoms with van der Waals surface area (Å²) in [6.45, 7) is 0. The van der Waals surface area contributed by atoms with Crippen LogP contribution in [0.3, 0.4) is 0 Å². The van der Waals surface area contributed by atoms with E-state index in [2.05, 4.69) is 32.3 Å². The van der Waals surface area contributed by atoms with E-state index in [4.69, 9.17) is 0 Å². The summed E-state index contributed by atoms with van der Waals surface area (Å²) in [6, 6.07) is 0. The minimum absolute atomic E-state index is 0.0579. The molecule has 3 heteroatoms. The zero-order valence-electron chi connectivity index (χ0n) is 2.94. The lowest BCUT2D eigenvalue weighted by atomic mass is 10.7. The van der Waals surface area contributed by atoms with Gasteiger partial charge < -0.3 is 0 Å². The Labute approximate surface area is 44.3 Å². The van der Waals surface area contributed by atoms with E-state index in [0.29, 0.717) is 0 Å². The van der Waals surface area contributed by atoms with Crippen molar-refractivity contribution in [2.24, 2.45) is 0 Å². The van der Waals surface area contributed by atoms with Crippen molar-refractivity contribution < 1.29 is 4.84 Å². The van der Waals surface area contributed by atoms with Gasteiger partial charge in [-0.05, 0) is 15.9 Å². The molecular formula is C3H3BrNO. The Bertz CT molecular complexity index is 73.2. The minimum Gasteiger partial charge on any atom is -0.272 e. The number of hydrogen-bond acceptors (Lipinski definition) is 2. The highest BCUT2D eigenvalue weighted by Gasteiger charge is 2.01. The van der Waals surface area contributed by atoms with E-state index in [9.17, 15) is 0 Å². The molecule has 6 heavy (non-hydrogen) atoms. The molecule has 0 spiro atoms. The standard InChI is InChI=1S/C3H3BrNO/c4-3-1-2-5-6-3/h2-3,5H. The van der Waals surface area contributed by atoms with Crippen molar-refractivity contribution in [1.82, 2.24) is 5.48 Å². The van der Waals surface area contributed by atoms with Crippen LogP contribution in [-0.4, -0.2) is 5.01 Å². The molecule has 0 saturated carbocycles. The van der Waals surface area contributed by atoms with Gasteiger partial charge in [0.05, 0.1) is 0 Å². The molecule has 1 radical (unpaired) electrons. The molecule has 0 fully saturated rings. The molecule has 0 aromatic carbocycles. The highest BCUT2D eigenvalue weighted by Crippen LogP contribution is 2.03. The molecule has 0 aliphatic carbocycles. The van der Waals surface area contributed by atoms with Crippen LogP contribution >= 0.6 is 15.9 Å². The number of rotatable bonds is 0. The fraction of sp³-hybridized carbons (Fsp3) is 0.333. The Balaban J connectivity index is 2.38. The van der Waals surface area contributed by atoms with Crippen LogP contribution in [0.5, 0.6) is 0 Å². The van der Waals surface area contributed by atoms with Gasteiger partial charge in [-0.3, -0.25) is 10.3 Å². The number of halogens is 1. The van der Waals surface area contributed by atoms with Crippen LogP contribution in [0.4, 0.5) is 0 Å². The zero-order chi connectivity index (χ0) is 4.41. The van der Waals surface area contributed by atoms with E-state index in [0.717, 1.165) is 0 Å². The van der Waals surface area contributed by atoms with Gasteiger partial charge in [-0.1, -0.05) is 0 Å². The van der Waals surface area contributed by atoms with Crippen molar-refractivity contribution in [2.45, 2.75) is 5.01 Å². The quantitative estimate of drug-likeness (QED) is 0.508. The number of nitrogens with one attached hydrogen (secondary N) is 1. The Morgan fingerprint density at radius 2 is 2.83 bits per heavy atom. The van der Waals surface area contributed by atoms with E-state index in [1.165, 1.54) is 0 Å². The van der Waals surface area contributed by atoms with Gasteiger partial charge >= 0.3 is 0 Å². The summed E-state index contributed by atoms with van der Waals surface area (Å²) in [5.74, 6) is 0. The van der Waals surface area contributed by atoms with Crippen molar-refractivity contribution in [3.8, 4) is 0 Å². The summed E-state index contributed by atoms with van der Waals surface area (Å²) in [4.78, 5) is 4.65. The lowest BCUT2D eigenvalue weighted by Gasteiger charge is -1.91. The highest BCUT2D eigenvalue weighted by molar-refractivity contribution is 9.09. The SMILES string of the molecule is BrC1[C]=CNO1. The predicted octanol–water partition coefficient (Wildman–Crippen LogP) is 0.559. The molecule has 0 bridgehead atoms. The third kappa shape index (κ3) is 0.725. The van der Waals surface area contributed by atoms with Gasteiger partial charge in [0, 0.05) is 12.3 Å². The van der Waals surface area contributed by atoms with Crippen LogP contribution < -0.4 is 5.48 Å². The maximum Gasteiger partial charge on any atom is 0.167 e. The smallest absolute Gasteiger partial charge is 0.167 e. The van der Waals surface area contributed by atoms with Gasteiger partial charge in [-0.25, -0.2) is 0 Å². The van der Waals surface area contributed by atoms with Crippen molar-refractivity contribution in [3.63, 3.8) is 0 Å². The third-order valence-corrected chi connectivity index (χ3v) is 0.896. The van der Waals surface area contributed by atoms with Crippen LogP contribution in [0.25, 0.3) is 0 Å². The van der Waals surface area contributed by atoms with E-state index >= 15 is 0 Å². The lowest BCUT2D eigenvalue weighted by molar-refractivity contribution is 0.0975. The molecular weight excluding hydrogens is 146 g/mol. The van der Waals surface area contributed by atoms with Crippen LogP contribution in [0.2, 0.25) is 0 Å². The first kappa shape index (κ1) is 4.15. The Hall–Kier alpha value is -0.0200. The molecule has 2 nitrogen and oxygen atoms in total. The third-order valence-electron chi connectivity index (χ3n) is 0.445. The van der Waals surface area contributed by atoms with Crippen molar-refractivity contribution in [2.75, 3.05) is 0 Å². The van der Waals surface area contributed by atoms with Crippen molar-refractivity contribution in [1.29, 1.82) is 0 Å². The summed E-state index contributed by atoms with van der Waals surface area (Å²) in [5, 5.41) is -0.0579. The van der Waals surface area contributed by atoms with Gasteiger partial charge in [0.1, 0.15) is 0 Å². The summed E-state index contributed by atoms with van der Waals surface area (Å²) < 4.78 is 0. The van der Waals surface area contributed by atoms with Crippen molar-refractivity contribution in [3.05, 3.63) is 12.3 Å². The first-order valence-corrected chi connectivity index (χ1v) is 2.44. The molecule has 1 heterocycles. The molecule has 0 aromatic heterocycles. The topological polar surface area (TPSA) is 21.3 Å². The Morgan fingerprint density at radius 3 is 3.00 bits per heavy atom. The predicted molar refractivity (Wildman–Crippen MR) is 24.7 cm³/mol. The molecule has 1 rings (SSSR count). The fourth-order valence-corrected chi connectivity index (χ4v) is 0.467. The number of alkyl halides is 1. The van der Waals surface area contributed by atoms with Gasteiger partial charge in [0.15, 0.2) is 5.01 Å².